The van der Waals surface area contributed by atoms with Gasteiger partial charge in [-0.15, -0.1) is 0 Å². The van der Waals surface area contributed by atoms with E-state index in [2.05, 4.69) is 38.2 Å². The molecule has 1 aromatic carbocycles. The normalized spacial score (nSPS) is 14.1. The first-order valence-corrected chi connectivity index (χ1v) is 8.11. The van der Waals surface area contributed by atoms with Crippen molar-refractivity contribution >= 4 is 27.5 Å². The molecular weight excluding hydrogens is 268 g/mol. The summed E-state index contributed by atoms with van der Waals surface area (Å²) in [6, 6.07) is 10.2. The molecule has 3 nitrogen and oxygen atoms in total. The summed E-state index contributed by atoms with van der Waals surface area (Å²) >= 11 is 0. The highest BCUT2D eigenvalue weighted by Gasteiger charge is 2.27. The van der Waals surface area contributed by atoms with E-state index in [1.807, 2.05) is 18.2 Å². The third-order valence-electron chi connectivity index (χ3n) is 2.77. The van der Waals surface area contributed by atoms with E-state index in [1.165, 1.54) is 5.30 Å². The van der Waals surface area contributed by atoms with Crippen LogP contribution < -0.4 is 10.6 Å². The van der Waals surface area contributed by atoms with E-state index in [1.54, 1.807) is 6.92 Å². The van der Waals surface area contributed by atoms with Crippen LogP contribution in [0.3, 0.4) is 0 Å². The molecule has 0 saturated carbocycles. The monoisotopic (exact) mass is 292 g/mol. The largest absolute Gasteiger partial charge is 0.392 e. The highest BCUT2D eigenvalue weighted by molar-refractivity contribution is 7.67. The predicted molar refractivity (Wildman–Crippen MR) is 88.1 cm³/mol. The quantitative estimate of drug-likeness (QED) is 0.641. The van der Waals surface area contributed by atoms with Crippen LogP contribution in [0.1, 0.15) is 27.7 Å². The van der Waals surface area contributed by atoms with Crippen LogP contribution in [0.2, 0.25) is 0 Å². The minimum absolute atomic E-state index is 0. The minimum atomic E-state index is -0.561. The summed E-state index contributed by atoms with van der Waals surface area (Å²) in [6.45, 7) is 8.51. The van der Waals surface area contributed by atoms with Gasteiger partial charge >= 0.3 is 0 Å². The Morgan fingerprint density at radius 3 is 2.30 bits per heavy atom. The van der Waals surface area contributed by atoms with Gasteiger partial charge in [0.2, 0.25) is 5.91 Å². The number of benzene rings is 1. The molecule has 3 radical (unpaired) electrons. The molecule has 0 aliphatic rings. The van der Waals surface area contributed by atoms with Gasteiger partial charge in [-0.3, -0.25) is 4.79 Å². The average Bonchev–Trinajstić information content (AvgIpc) is 2.33. The Morgan fingerprint density at radius 1 is 1.30 bits per heavy atom. The summed E-state index contributed by atoms with van der Waals surface area (Å²) in [5, 5.41) is 13.3. The van der Waals surface area contributed by atoms with Gasteiger partial charge in [-0.05, 0) is 17.4 Å². The molecule has 0 fully saturated rings. The van der Waals surface area contributed by atoms with Crippen LogP contribution >= 0.6 is 7.92 Å². The minimum Gasteiger partial charge on any atom is -0.392 e. The van der Waals surface area contributed by atoms with Gasteiger partial charge in [0.1, 0.15) is 0 Å². The van der Waals surface area contributed by atoms with Crippen molar-refractivity contribution in [2.45, 2.75) is 39.0 Å². The zero-order chi connectivity index (χ0) is 14.5. The Hall–Kier alpha value is -0.855. The van der Waals surface area contributed by atoms with E-state index in [0.29, 0.717) is 12.7 Å². The Bertz CT molecular complexity index is 404. The fourth-order valence-electron chi connectivity index (χ4n) is 1.78. The van der Waals surface area contributed by atoms with Gasteiger partial charge in [0.05, 0.1) is 12.3 Å². The molecule has 0 bridgehead atoms. The fraction of sp³-hybridized carbons (Fsp3) is 0.533. The summed E-state index contributed by atoms with van der Waals surface area (Å²) in [6.07, 6.45) is 0.0109. The van der Waals surface area contributed by atoms with Gasteiger partial charge in [0.25, 0.3) is 0 Å². The summed E-state index contributed by atoms with van der Waals surface area (Å²) in [7, 11) is -0.561. The maximum Gasteiger partial charge on any atom is 0.224 e. The number of carbonyl (C=O) groups is 1. The van der Waals surface area contributed by atoms with E-state index < -0.39 is 14.0 Å². The SMILES string of the molecule is C[C@H](O)CNC(=O)C[P@@](c1ccccc1)C(C)(C)C.[B]. The molecule has 2 atom stereocenters. The summed E-state index contributed by atoms with van der Waals surface area (Å²) in [5.41, 5.74) is 0. The Balaban J connectivity index is 0.00000361. The molecule has 0 aliphatic heterocycles. The molecule has 0 saturated heterocycles. The fourth-order valence-corrected chi connectivity index (χ4v) is 4.15. The zero-order valence-electron chi connectivity index (χ0n) is 12.8. The molecular formula is C15H24BNO2P. The van der Waals surface area contributed by atoms with E-state index in [-0.39, 0.29) is 19.5 Å². The lowest BCUT2D eigenvalue weighted by Crippen LogP contribution is -2.35. The van der Waals surface area contributed by atoms with Crippen LogP contribution in [0.5, 0.6) is 0 Å². The molecule has 2 N–H and O–H groups in total. The second-order valence-electron chi connectivity index (χ2n) is 5.75. The molecule has 109 valence electrons. The van der Waals surface area contributed by atoms with Crippen LogP contribution in [-0.2, 0) is 4.79 Å². The standard InChI is InChI=1S/C15H24NO2P.B/c1-12(17)10-16-14(18)11-19(15(2,3)4)13-8-6-5-7-9-13;/h5-9,12,17H,10-11H2,1-4H3,(H,16,18);/t12-,19-;/m0./s1. The van der Waals surface area contributed by atoms with Gasteiger partial charge in [-0.25, -0.2) is 0 Å². The zero-order valence-corrected chi connectivity index (χ0v) is 13.7. The summed E-state index contributed by atoms with van der Waals surface area (Å²) < 4.78 is 0. The number of rotatable bonds is 5. The van der Waals surface area contributed by atoms with Gasteiger partial charge < -0.3 is 10.4 Å². The third kappa shape index (κ3) is 6.54. The number of aliphatic hydroxyl groups excluding tert-OH is 1. The molecule has 20 heavy (non-hydrogen) atoms. The predicted octanol–water partition coefficient (Wildman–Crippen LogP) is 1.71. The maximum atomic E-state index is 12.0. The lowest BCUT2D eigenvalue weighted by atomic mass is 10.3. The lowest BCUT2D eigenvalue weighted by Gasteiger charge is -2.31. The van der Waals surface area contributed by atoms with Crippen LogP contribution in [0.25, 0.3) is 0 Å². The molecule has 0 aliphatic carbocycles. The topological polar surface area (TPSA) is 49.3 Å². The Morgan fingerprint density at radius 2 is 1.85 bits per heavy atom. The van der Waals surface area contributed by atoms with Crippen LogP contribution in [0.4, 0.5) is 0 Å². The van der Waals surface area contributed by atoms with Gasteiger partial charge in [0, 0.05) is 15.0 Å². The molecule has 0 heterocycles. The second-order valence-corrected chi connectivity index (χ2v) is 8.78. The number of nitrogens with one attached hydrogen (secondary N) is 1. The van der Waals surface area contributed by atoms with Crippen molar-refractivity contribution in [3.8, 4) is 0 Å². The van der Waals surface area contributed by atoms with Crippen molar-refractivity contribution in [2.75, 3.05) is 12.7 Å². The van der Waals surface area contributed by atoms with E-state index >= 15 is 0 Å². The number of hydrogen-bond acceptors (Lipinski definition) is 2. The molecule has 1 aromatic rings. The Labute approximate surface area is 125 Å². The molecule has 0 unspecified atom stereocenters. The summed E-state index contributed by atoms with van der Waals surface area (Å²) in [4.78, 5) is 12.0. The molecule has 1 rings (SSSR count). The first kappa shape index (κ1) is 19.1. The number of hydrogen-bond donors (Lipinski definition) is 2. The van der Waals surface area contributed by atoms with Gasteiger partial charge in [0.15, 0.2) is 0 Å². The third-order valence-corrected chi connectivity index (χ3v) is 5.92. The number of carbonyl (C=O) groups excluding carboxylic acids is 1. The maximum absolute atomic E-state index is 12.0. The first-order valence-electron chi connectivity index (χ1n) is 6.58. The number of amides is 1. The van der Waals surface area contributed by atoms with Gasteiger partial charge in [-0.1, -0.05) is 59.0 Å². The van der Waals surface area contributed by atoms with Crippen LogP contribution in [-0.4, -0.2) is 43.4 Å². The van der Waals surface area contributed by atoms with Crippen LogP contribution in [0, 0.1) is 0 Å². The lowest BCUT2D eigenvalue weighted by molar-refractivity contribution is -0.119. The van der Waals surface area contributed by atoms with Crippen molar-refractivity contribution in [3.05, 3.63) is 30.3 Å². The van der Waals surface area contributed by atoms with Crippen LogP contribution in [0.15, 0.2) is 30.3 Å². The van der Waals surface area contributed by atoms with Crippen molar-refractivity contribution in [2.24, 2.45) is 0 Å². The molecule has 1 amide bonds. The molecule has 0 spiro atoms. The van der Waals surface area contributed by atoms with E-state index in [0.717, 1.165) is 0 Å². The van der Waals surface area contributed by atoms with Gasteiger partial charge in [-0.2, -0.15) is 0 Å². The van der Waals surface area contributed by atoms with Crippen molar-refractivity contribution in [3.63, 3.8) is 0 Å². The molecule has 5 heteroatoms. The highest BCUT2D eigenvalue weighted by Crippen LogP contribution is 2.47. The van der Waals surface area contributed by atoms with E-state index in [9.17, 15) is 9.90 Å². The highest BCUT2D eigenvalue weighted by atomic mass is 31.1. The first-order chi connectivity index (χ1) is 8.80. The summed E-state index contributed by atoms with van der Waals surface area (Å²) in [5.74, 6) is 0.0192. The second kappa shape index (κ2) is 8.44. The Kier molecular flexibility index (Phi) is 8.08. The molecule has 0 aromatic heterocycles. The van der Waals surface area contributed by atoms with Crippen molar-refractivity contribution in [1.82, 2.24) is 5.32 Å². The van der Waals surface area contributed by atoms with Crippen molar-refractivity contribution < 1.29 is 9.90 Å². The average molecular weight is 292 g/mol. The van der Waals surface area contributed by atoms with Crippen molar-refractivity contribution in [1.29, 1.82) is 0 Å². The number of aliphatic hydroxyl groups is 1. The smallest absolute Gasteiger partial charge is 0.224 e. The van der Waals surface area contributed by atoms with E-state index in [4.69, 9.17) is 0 Å².